The molecule has 1 atom stereocenters. The Hall–Kier alpha value is -2.14. The molecule has 0 spiro atoms. The number of nitrogens with zero attached hydrogens (tertiary/aromatic N) is 1. The molecule has 1 aliphatic rings. The van der Waals surface area contributed by atoms with Crippen molar-refractivity contribution in [1.82, 2.24) is 0 Å². The number of hydrogen-bond acceptors (Lipinski definition) is 2. The Balaban J connectivity index is 2.26. The number of hydrogen-bond donors (Lipinski definition) is 0. The lowest BCUT2D eigenvalue weighted by Gasteiger charge is -2.31. The standard InChI is InChI=1S/C19H21NO/c1-13-9-17(11-19(3,4)10-13)15-5-7-16(8-6-15)18(21)14(2)12-20/h5-9,14H,1,10-11H2,2-4H3. The maximum absolute atomic E-state index is 12.0. The molecule has 0 heterocycles. The Labute approximate surface area is 126 Å². The van der Waals surface area contributed by atoms with Gasteiger partial charge in [-0.2, -0.15) is 5.26 Å². The van der Waals surface area contributed by atoms with Crippen LogP contribution in [-0.4, -0.2) is 5.78 Å². The molecule has 1 aromatic rings. The van der Waals surface area contributed by atoms with Crippen molar-refractivity contribution in [2.45, 2.75) is 33.6 Å². The Bertz CT molecular complexity index is 641. The van der Waals surface area contributed by atoms with Crippen molar-refractivity contribution in [2.75, 3.05) is 0 Å². The molecule has 1 unspecified atom stereocenters. The Morgan fingerprint density at radius 3 is 2.43 bits per heavy atom. The Morgan fingerprint density at radius 1 is 1.29 bits per heavy atom. The van der Waals surface area contributed by atoms with Gasteiger partial charge in [0.2, 0.25) is 0 Å². The Kier molecular flexibility index (Phi) is 4.14. The van der Waals surface area contributed by atoms with Crippen molar-refractivity contribution < 1.29 is 4.79 Å². The minimum atomic E-state index is -0.594. The molecule has 1 aromatic carbocycles. The van der Waals surface area contributed by atoms with Gasteiger partial charge in [-0.3, -0.25) is 4.79 Å². The number of ketones is 1. The molecule has 0 amide bonds. The third-order valence-electron chi connectivity index (χ3n) is 3.88. The molecule has 0 aromatic heterocycles. The van der Waals surface area contributed by atoms with Crippen LogP contribution >= 0.6 is 0 Å². The van der Waals surface area contributed by atoms with Gasteiger partial charge in [-0.25, -0.2) is 0 Å². The summed E-state index contributed by atoms with van der Waals surface area (Å²) in [6, 6.07) is 9.56. The van der Waals surface area contributed by atoms with E-state index in [2.05, 4.69) is 26.5 Å². The van der Waals surface area contributed by atoms with Gasteiger partial charge in [0.15, 0.2) is 5.78 Å². The number of Topliss-reactive ketones (excluding diaryl/α,β-unsaturated/α-hetero) is 1. The smallest absolute Gasteiger partial charge is 0.179 e. The largest absolute Gasteiger partial charge is 0.293 e. The summed E-state index contributed by atoms with van der Waals surface area (Å²) in [6.07, 6.45) is 4.18. The predicted octanol–water partition coefficient (Wildman–Crippen LogP) is 4.79. The van der Waals surface area contributed by atoms with E-state index in [1.54, 1.807) is 6.92 Å². The van der Waals surface area contributed by atoms with E-state index < -0.39 is 5.92 Å². The minimum absolute atomic E-state index is 0.119. The van der Waals surface area contributed by atoms with Gasteiger partial charge in [-0.05, 0) is 36.3 Å². The summed E-state index contributed by atoms with van der Waals surface area (Å²) in [5.74, 6) is -0.713. The van der Waals surface area contributed by atoms with Crippen LogP contribution in [0.4, 0.5) is 0 Å². The van der Waals surface area contributed by atoms with Crippen molar-refractivity contribution in [2.24, 2.45) is 11.3 Å². The van der Waals surface area contributed by atoms with Crippen LogP contribution in [0.15, 0.2) is 42.5 Å². The highest BCUT2D eigenvalue weighted by atomic mass is 16.1. The second-order valence-electron chi connectivity index (χ2n) is 6.64. The number of carbonyl (C=O) groups is 1. The topological polar surface area (TPSA) is 40.9 Å². The first-order valence-corrected chi connectivity index (χ1v) is 7.25. The third-order valence-corrected chi connectivity index (χ3v) is 3.88. The number of carbonyl (C=O) groups excluding carboxylic acids is 1. The summed E-state index contributed by atoms with van der Waals surface area (Å²) in [5, 5.41) is 8.82. The molecule has 2 rings (SSSR count). The van der Waals surface area contributed by atoms with Crippen LogP contribution in [0.2, 0.25) is 0 Å². The van der Waals surface area contributed by atoms with E-state index in [1.165, 1.54) is 5.57 Å². The molecule has 21 heavy (non-hydrogen) atoms. The highest BCUT2D eigenvalue weighted by Gasteiger charge is 2.25. The first-order valence-electron chi connectivity index (χ1n) is 7.25. The number of benzene rings is 1. The average molecular weight is 279 g/mol. The van der Waals surface area contributed by atoms with Crippen LogP contribution in [0.3, 0.4) is 0 Å². The molecule has 2 heteroatoms. The summed E-state index contributed by atoms with van der Waals surface area (Å²) in [6.45, 7) is 10.2. The molecule has 0 saturated heterocycles. The van der Waals surface area contributed by atoms with Crippen LogP contribution in [0.25, 0.3) is 5.57 Å². The first-order chi connectivity index (χ1) is 9.82. The molecule has 0 aliphatic heterocycles. The minimum Gasteiger partial charge on any atom is -0.293 e. The zero-order valence-electron chi connectivity index (χ0n) is 12.9. The third kappa shape index (κ3) is 3.49. The van der Waals surface area contributed by atoms with E-state index in [4.69, 9.17) is 5.26 Å². The van der Waals surface area contributed by atoms with Crippen molar-refractivity contribution in [3.8, 4) is 6.07 Å². The molecular weight excluding hydrogens is 258 g/mol. The molecule has 0 radical (unpaired) electrons. The predicted molar refractivity (Wildman–Crippen MR) is 85.7 cm³/mol. The van der Waals surface area contributed by atoms with E-state index in [1.807, 2.05) is 30.3 Å². The van der Waals surface area contributed by atoms with Crippen LogP contribution in [0.1, 0.15) is 49.5 Å². The number of nitriles is 1. The lowest BCUT2D eigenvalue weighted by Crippen LogP contribution is -2.16. The molecular formula is C19H21NO. The fourth-order valence-corrected chi connectivity index (χ4v) is 2.88. The monoisotopic (exact) mass is 279 g/mol. The van der Waals surface area contributed by atoms with Crippen molar-refractivity contribution in [1.29, 1.82) is 5.26 Å². The molecule has 0 saturated carbocycles. The lowest BCUT2D eigenvalue weighted by molar-refractivity contribution is 0.0956. The van der Waals surface area contributed by atoms with E-state index in [0.717, 1.165) is 24.0 Å². The van der Waals surface area contributed by atoms with Gasteiger partial charge in [0.25, 0.3) is 0 Å². The van der Waals surface area contributed by atoms with Crippen LogP contribution in [0.5, 0.6) is 0 Å². The van der Waals surface area contributed by atoms with Gasteiger partial charge in [0, 0.05) is 5.56 Å². The van der Waals surface area contributed by atoms with Crippen LogP contribution in [0, 0.1) is 22.7 Å². The van der Waals surface area contributed by atoms with E-state index >= 15 is 0 Å². The Morgan fingerprint density at radius 2 is 1.90 bits per heavy atom. The normalized spacial score (nSPS) is 18.6. The molecule has 0 fully saturated rings. The van der Waals surface area contributed by atoms with Gasteiger partial charge >= 0.3 is 0 Å². The highest BCUT2D eigenvalue weighted by molar-refractivity contribution is 5.99. The fourth-order valence-electron chi connectivity index (χ4n) is 2.88. The SMILES string of the molecule is C=C1C=C(c2ccc(C(=O)C(C)C#N)cc2)CC(C)(C)C1. The summed E-state index contributed by atoms with van der Waals surface area (Å²) in [4.78, 5) is 12.0. The van der Waals surface area contributed by atoms with Crippen molar-refractivity contribution in [3.63, 3.8) is 0 Å². The van der Waals surface area contributed by atoms with Gasteiger partial charge < -0.3 is 0 Å². The highest BCUT2D eigenvalue weighted by Crippen LogP contribution is 2.41. The zero-order valence-corrected chi connectivity index (χ0v) is 12.9. The number of rotatable bonds is 3. The van der Waals surface area contributed by atoms with Crippen molar-refractivity contribution >= 4 is 11.4 Å². The summed E-state index contributed by atoms with van der Waals surface area (Å²) >= 11 is 0. The molecule has 0 N–H and O–H groups in total. The molecule has 108 valence electrons. The van der Waals surface area contributed by atoms with Crippen LogP contribution in [-0.2, 0) is 0 Å². The van der Waals surface area contributed by atoms with Gasteiger partial charge in [0.05, 0.1) is 6.07 Å². The zero-order chi connectivity index (χ0) is 15.6. The van der Waals surface area contributed by atoms with E-state index in [0.29, 0.717) is 5.56 Å². The van der Waals surface area contributed by atoms with Gasteiger partial charge in [-0.15, -0.1) is 0 Å². The summed E-state index contributed by atoms with van der Waals surface area (Å²) < 4.78 is 0. The second-order valence-corrected chi connectivity index (χ2v) is 6.64. The summed E-state index contributed by atoms with van der Waals surface area (Å²) in [5.41, 5.74) is 4.38. The van der Waals surface area contributed by atoms with Crippen molar-refractivity contribution in [3.05, 3.63) is 53.6 Å². The maximum atomic E-state index is 12.0. The molecule has 2 nitrogen and oxygen atoms in total. The van der Waals surface area contributed by atoms with E-state index in [-0.39, 0.29) is 11.2 Å². The molecule has 0 bridgehead atoms. The second kappa shape index (κ2) is 5.69. The molecule has 1 aliphatic carbocycles. The van der Waals surface area contributed by atoms with Crippen LogP contribution < -0.4 is 0 Å². The summed E-state index contributed by atoms with van der Waals surface area (Å²) in [7, 11) is 0. The lowest BCUT2D eigenvalue weighted by atomic mass is 9.74. The quantitative estimate of drug-likeness (QED) is 0.746. The fraction of sp³-hybridized carbons (Fsp3) is 0.368. The average Bonchev–Trinajstić information content (AvgIpc) is 2.43. The van der Waals surface area contributed by atoms with Gasteiger partial charge in [0.1, 0.15) is 5.92 Å². The first kappa shape index (κ1) is 15.3. The maximum Gasteiger partial charge on any atom is 0.179 e. The number of allylic oxidation sites excluding steroid dienone is 3. The van der Waals surface area contributed by atoms with E-state index in [9.17, 15) is 4.79 Å². The van der Waals surface area contributed by atoms with Gasteiger partial charge in [-0.1, -0.05) is 56.3 Å².